The third kappa shape index (κ3) is 4.63. The lowest BCUT2D eigenvalue weighted by atomic mass is 9.97. The topological polar surface area (TPSA) is 35.2 Å². The molecule has 0 heterocycles. The molecule has 2 heteroatoms. The summed E-state index contributed by atoms with van der Waals surface area (Å²) in [5.74, 6) is 0.914. The predicted octanol–water partition coefficient (Wildman–Crippen LogP) is 2.32. The Balaban J connectivity index is 1.99. The van der Waals surface area contributed by atoms with Crippen LogP contribution < -0.4 is 5.73 Å². The van der Waals surface area contributed by atoms with Gasteiger partial charge < -0.3 is 10.5 Å². The number of ether oxygens (including phenoxy) is 1. The summed E-state index contributed by atoms with van der Waals surface area (Å²) < 4.78 is 5.29. The molecule has 0 aromatic rings. The summed E-state index contributed by atoms with van der Waals surface area (Å²) in [4.78, 5) is 0. The first-order valence-corrected chi connectivity index (χ1v) is 5.66. The second-order valence-corrected chi connectivity index (χ2v) is 4.13. The lowest BCUT2D eigenvalue weighted by Crippen LogP contribution is -2.24. The summed E-state index contributed by atoms with van der Waals surface area (Å²) in [6, 6.07) is 0.370. The molecule has 1 saturated carbocycles. The fraction of sp³-hybridized carbons (Fsp3) is 1.00. The van der Waals surface area contributed by atoms with Crippen molar-refractivity contribution >= 4 is 0 Å². The SMILES string of the molecule is CCOCCC(N)CC1CCCC1. The van der Waals surface area contributed by atoms with Crippen molar-refractivity contribution in [2.45, 2.75) is 51.5 Å². The maximum Gasteiger partial charge on any atom is 0.0480 e. The minimum atomic E-state index is 0.370. The van der Waals surface area contributed by atoms with E-state index in [-0.39, 0.29) is 0 Å². The van der Waals surface area contributed by atoms with Crippen LogP contribution in [0.5, 0.6) is 0 Å². The molecular weight excluding hydrogens is 162 g/mol. The average molecular weight is 185 g/mol. The molecule has 0 bridgehead atoms. The van der Waals surface area contributed by atoms with Crippen LogP contribution in [0.15, 0.2) is 0 Å². The van der Waals surface area contributed by atoms with E-state index in [1.54, 1.807) is 0 Å². The molecule has 78 valence electrons. The van der Waals surface area contributed by atoms with E-state index >= 15 is 0 Å². The van der Waals surface area contributed by atoms with E-state index in [0.717, 1.165) is 25.6 Å². The van der Waals surface area contributed by atoms with Crippen molar-refractivity contribution in [3.05, 3.63) is 0 Å². The Kier molecular flexibility index (Phi) is 5.40. The first kappa shape index (κ1) is 11.0. The molecule has 1 rings (SSSR count). The maximum atomic E-state index is 6.01. The Morgan fingerprint density at radius 3 is 2.69 bits per heavy atom. The minimum absolute atomic E-state index is 0.370. The standard InChI is InChI=1S/C11H23NO/c1-2-13-8-7-11(12)9-10-5-3-4-6-10/h10-11H,2-9,12H2,1H3. The molecule has 0 spiro atoms. The van der Waals surface area contributed by atoms with Gasteiger partial charge in [0.25, 0.3) is 0 Å². The molecule has 0 radical (unpaired) electrons. The van der Waals surface area contributed by atoms with Crippen LogP contribution in [-0.4, -0.2) is 19.3 Å². The number of hydrogen-bond donors (Lipinski definition) is 1. The average Bonchev–Trinajstić information content (AvgIpc) is 2.57. The number of hydrogen-bond acceptors (Lipinski definition) is 2. The summed E-state index contributed by atoms with van der Waals surface area (Å²) in [6.45, 7) is 3.68. The highest BCUT2D eigenvalue weighted by molar-refractivity contribution is 4.73. The zero-order valence-electron chi connectivity index (χ0n) is 8.80. The van der Waals surface area contributed by atoms with Gasteiger partial charge in [0.1, 0.15) is 0 Å². The third-order valence-corrected chi connectivity index (χ3v) is 2.95. The van der Waals surface area contributed by atoms with Crippen LogP contribution in [0.3, 0.4) is 0 Å². The van der Waals surface area contributed by atoms with E-state index < -0.39 is 0 Å². The third-order valence-electron chi connectivity index (χ3n) is 2.95. The van der Waals surface area contributed by atoms with Gasteiger partial charge in [-0.2, -0.15) is 0 Å². The normalized spacial score (nSPS) is 20.8. The van der Waals surface area contributed by atoms with E-state index in [4.69, 9.17) is 10.5 Å². The molecule has 2 nitrogen and oxygen atoms in total. The van der Waals surface area contributed by atoms with Crippen molar-refractivity contribution in [2.75, 3.05) is 13.2 Å². The molecular formula is C11H23NO. The van der Waals surface area contributed by atoms with Crippen LogP contribution in [0, 0.1) is 5.92 Å². The summed E-state index contributed by atoms with van der Waals surface area (Å²) in [5, 5.41) is 0. The van der Waals surface area contributed by atoms with Crippen LogP contribution >= 0.6 is 0 Å². The van der Waals surface area contributed by atoms with E-state index in [1.165, 1.54) is 32.1 Å². The largest absolute Gasteiger partial charge is 0.382 e. The Labute approximate surface area is 81.8 Å². The van der Waals surface area contributed by atoms with Gasteiger partial charge in [-0.3, -0.25) is 0 Å². The quantitative estimate of drug-likeness (QED) is 0.644. The first-order chi connectivity index (χ1) is 6.33. The first-order valence-electron chi connectivity index (χ1n) is 5.66. The van der Waals surface area contributed by atoms with E-state index in [1.807, 2.05) is 6.92 Å². The van der Waals surface area contributed by atoms with Gasteiger partial charge in [-0.1, -0.05) is 25.7 Å². The van der Waals surface area contributed by atoms with Crippen molar-refractivity contribution in [1.82, 2.24) is 0 Å². The van der Waals surface area contributed by atoms with Crippen LogP contribution in [0.4, 0.5) is 0 Å². The van der Waals surface area contributed by atoms with Gasteiger partial charge in [-0.05, 0) is 25.7 Å². The lowest BCUT2D eigenvalue weighted by molar-refractivity contribution is 0.137. The van der Waals surface area contributed by atoms with Crippen LogP contribution in [0.1, 0.15) is 45.4 Å². The van der Waals surface area contributed by atoms with Crippen molar-refractivity contribution in [3.63, 3.8) is 0 Å². The molecule has 0 aromatic carbocycles. The van der Waals surface area contributed by atoms with Gasteiger partial charge in [0.2, 0.25) is 0 Å². The van der Waals surface area contributed by atoms with Gasteiger partial charge in [0, 0.05) is 19.3 Å². The highest BCUT2D eigenvalue weighted by Gasteiger charge is 2.17. The second kappa shape index (κ2) is 6.39. The van der Waals surface area contributed by atoms with Gasteiger partial charge in [0.15, 0.2) is 0 Å². The van der Waals surface area contributed by atoms with E-state index in [2.05, 4.69) is 0 Å². The molecule has 0 aliphatic heterocycles. The van der Waals surface area contributed by atoms with Gasteiger partial charge in [-0.15, -0.1) is 0 Å². The maximum absolute atomic E-state index is 6.01. The second-order valence-electron chi connectivity index (χ2n) is 4.13. The van der Waals surface area contributed by atoms with Crippen LogP contribution in [-0.2, 0) is 4.74 Å². The monoisotopic (exact) mass is 185 g/mol. The summed E-state index contributed by atoms with van der Waals surface area (Å²) >= 11 is 0. The fourth-order valence-electron chi connectivity index (χ4n) is 2.17. The molecule has 1 aliphatic rings. The summed E-state index contributed by atoms with van der Waals surface area (Å²) in [6.07, 6.45) is 7.90. The highest BCUT2D eigenvalue weighted by atomic mass is 16.5. The molecule has 0 amide bonds. The molecule has 1 atom stereocenters. The Hall–Kier alpha value is -0.0800. The molecule has 0 aromatic heterocycles. The number of rotatable bonds is 6. The fourth-order valence-corrected chi connectivity index (χ4v) is 2.17. The Bertz CT molecular complexity index is 121. The predicted molar refractivity (Wildman–Crippen MR) is 55.7 cm³/mol. The molecule has 1 aliphatic carbocycles. The van der Waals surface area contributed by atoms with Crippen LogP contribution in [0.25, 0.3) is 0 Å². The molecule has 2 N–H and O–H groups in total. The highest BCUT2D eigenvalue weighted by Crippen LogP contribution is 2.28. The van der Waals surface area contributed by atoms with Gasteiger partial charge in [-0.25, -0.2) is 0 Å². The minimum Gasteiger partial charge on any atom is -0.382 e. The van der Waals surface area contributed by atoms with E-state index in [0.29, 0.717) is 6.04 Å². The van der Waals surface area contributed by atoms with Crippen molar-refractivity contribution < 1.29 is 4.74 Å². The van der Waals surface area contributed by atoms with Gasteiger partial charge in [0.05, 0.1) is 0 Å². The Morgan fingerprint density at radius 1 is 1.38 bits per heavy atom. The summed E-state index contributed by atoms with van der Waals surface area (Å²) in [7, 11) is 0. The van der Waals surface area contributed by atoms with Crippen molar-refractivity contribution in [3.8, 4) is 0 Å². The van der Waals surface area contributed by atoms with Crippen LogP contribution in [0.2, 0.25) is 0 Å². The van der Waals surface area contributed by atoms with Gasteiger partial charge >= 0.3 is 0 Å². The smallest absolute Gasteiger partial charge is 0.0480 e. The number of nitrogens with two attached hydrogens (primary N) is 1. The zero-order valence-corrected chi connectivity index (χ0v) is 8.80. The van der Waals surface area contributed by atoms with E-state index in [9.17, 15) is 0 Å². The molecule has 1 fully saturated rings. The summed E-state index contributed by atoms with van der Waals surface area (Å²) in [5.41, 5.74) is 6.01. The molecule has 0 saturated heterocycles. The lowest BCUT2D eigenvalue weighted by Gasteiger charge is -2.15. The van der Waals surface area contributed by atoms with Crippen molar-refractivity contribution in [1.29, 1.82) is 0 Å². The molecule has 1 unspecified atom stereocenters. The van der Waals surface area contributed by atoms with Crippen molar-refractivity contribution in [2.24, 2.45) is 11.7 Å². The molecule has 13 heavy (non-hydrogen) atoms. The Morgan fingerprint density at radius 2 is 2.08 bits per heavy atom. The zero-order chi connectivity index (χ0) is 9.52.